The minimum Gasteiger partial charge on any atom is -0.375 e. The fourth-order valence-corrected chi connectivity index (χ4v) is 2.15. The second-order valence-electron chi connectivity index (χ2n) is 2.77. The summed E-state index contributed by atoms with van der Waals surface area (Å²) < 4.78 is 0. The Bertz CT molecular complexity index is 557. The van der Waals surface area contributed by atoms with E-state index in [0.29, 0.717) is 26.6 Å². The quantitative estimate of drug-likeness (QED) is 0.644. The molecule has 0 saturated heterocycles. The molecule has 0 aliphatic rings. The van der Waals surface area contributed by atoms with E-state index >= 15 is 0 Å². The number of aromatic nitrogens is 3. The molecule has 2 rings (SSSR count). The standard InChI is InChI=1S/C9H7N5S2/c1-15-9-12-3-2-5(13-9)7-6(4-10)16-8(11)14-7/h2-3H,1H3,(H2,11,14). The van der Waals surface area contributed by atoms with Crippen LogP contribution in [0.2, 0.25) is 0 Å². The van der Waals surface area contributed by atoms with E-state index in [1.165, 1.54) is 11.8 Å². The van der Waals surface area contributed by atoms with Crippen LogP contribution in [0.5, 0.6) is 0 Å². The van der Waals surface area contributed by atoms with Crippen molar-refractivity contribution in [2.45, 2.75) is 5.16 Å². The van der Waals surface area contributed by atoms with Crippen LogP contribution in [0.15, 0.2) is 17.4 Å². The van der Waals surface area contributed by atoms with Gasteiger partial charge in [0, 0.05) is 6.20 Å². The van der Waals surface area contributed by atoms with Crippen LogP contribution in [0.4, 0.5) is 5.13 Å². The van der Waals surface area contributed by atoms with Crippen LogP contribution in [-0.2, 0) is 0 Å². The monoisotopic (exact) mass is 249 g/mol. The van der Waals surface area contributed by atoms with Crippen molar-refractivity contribution in [1.82, 2.24) is 15.0 Å². The third-order valence-corrected chi connectivity index (χ3v) is 3.15. The fraction of sp³-hybridized carbons (Fsp3) is 0.111. The van der Waals surface area contributed by atoms with Gasteiger partial charge in [-0.3, -0.25) is 0 Å². The molecule has 0 unspecified atom stereocenters. The Morgan fingerprint density at radius 1 is 1.50 bits per heavy atom. The zero-order valence-corrected chi connectivity index (χ0v) is 9.97. The molecule has 2 aromatic heterocycles. The van der Waals surface area contributed by atoms with Crippen molar-refractivity contribution < 1.29 is 0 Å². The lowest BCUT2D eigenvalue weighted by molar-refractivity contribution is 0.972. The predicted octanol–water partition coefficient (Wildman–Crippen LogP) is 1.78. The number of thioether (sulfide) groups is 1. The lowest BCUT2D eigenvalue weighted by Crippen LogP contribution is -1.91. The first kappa shape index (κ1) is 10.9. The smallest absolute Gasteiger partial charge is 0.187 e. The van der Waals surface area contributed by atoms with Gasteiger partial charge >= 0.3 is 0 Å². The van der Waals surface area contributed by atoms with Gasteiger partial charge in [0.25, 0.3) is 0 Å². The third-order valence-electron chi connectivity index (χ3n) is 1.80. The second-order valence-corrected chi connectivity index (χ2v) is 4.57. The molecular formula is C9H7N5S2. The highest BCUT2D eigenvalue weighted by Crippen LogP contribution is 2.28. The molecule has 0 aliphatic carbocycles. The molecule has 2 N–H and O–H groups in total. The minimum atomic E-state index is 0.371. The topological polar surface area (TPSA) is 88.5 Å². The average Bonchev–Trinajstić information content (AvgIpc) is 2.70. The highest BCUT2D eigenvalue weighted by Gasteiger charge is 2.13. The first-order valence-electron chi connectivity index (χ1n) is 4.28. The number of anilines is 1. The van der Waals surface area contributed by atoms with Gasteiger partial charge in [-0.2, -0.15) is 5.26 Å². The zero-order valence-electron chi connectivity index (χ0n) is 8.34. The van der Waals surface area contributed by atoms with Gasteiger partial charge < -0.3 is 5.73 Å². The van der Waals surface area contributed by atoms with Crippen molar-refractivity contribution in [1.29, 1.82) is 5.26 Å². The van der Waals surface area contributed by atoms with Crippen LogP contribution in [0, 0.1) is 11.3 Å². The van der Waals surface area contributed by atoms with Crippen molar-refractivity contribution in [3.8, 4) is 17.5 Å². The summed E-state index contributed by atoms with van der Waals surface area (Å²) in [4.78, 5) is 12.9. The molecule has 2 heterocycles. The second kappa shape index (κ2) is 4.47. The maximum absolute atomic E-state index is 8.94. The van der Waals surface area contributed by atoms with Crippen molar-refractivity contribution in [3.05, 3.63) is 17.1 Å². The molecule has 0 atom stereocenters. The highest BCUT2D eigenvalue weighted by molar-refractivity contribution is 7.98. The summed E-state index contributed by atoms with van der Waals surface area (Å²) in [7, 11) is 0. The lowest BCUT2D eigenvalue weighted by Gasteiger charge is -1.98. The number of nitrogen functional groups attached to an aromatic ring is 1. The van der Waals surface area contributed by atoms with Gasteiger partial charge in [-0.05, 0) is 12.3 Å². The molecule has 0 aliphatic heterocycles. The molecule has 80 valence electrons. The minimum absolute atomic E-state index is 0.371. The molecule has 2 aromatic rings. The summed E-state index contributed by atoms with van der Waals surface area (Å²) in [6.07, 6.45) is 3.53. The van der Waals surface area contributed by atoms with E-state index in [1.807, 2.05) is 6.26 Å². The van der Waals surface area contributed by atoms with E-state index in [1.54, 1.807) is 12.3 Å². The first-order chi connectivity index (χ1) is 7.74. The van der Waals surface area contributed by atoms with Gasteiger partial charge in [0.05, 0.1) is 5.69 Å². The molecule has 0 aromatic carbocycles. The molecule has 5 nitrogen and oxygen atoms in total. The summed E-state index contributed by atoms with van der Waals surface area (Å²) in [6.45, 7) is 0. The van der Waals surface area contributed by atoms with Gasteiger partial charge in [0.2, 0.25) is 0 Å². The van der Waals surface area contributed by atoms with Crippen LogP contribution in [0.1, 0.15) is 4.88 Å². The molecule has 0 spiro atoms. The summed E-state index contributed by atoms with van der Waals surface area (Å²) >= 11 is 2.60. The summed E-state index contributed by atoms with van der Waals surface area (Å²) in [5.74, 6) is 0. The van der Waals surface area contributed by atoms with E-state index in [-0.39, 0.29) is 0 Å². The summed E-state index contributed by atoms with van der Waals surface area (Å²) in [5, 5.41) is 9.95. The van der Waals surface area contributed by atoms with Crippen LogP contribution < -0.4 is 5.73 Å². The largest absolute Gasteiger partial charge is 0.375 e. The fourth-order valence-electron chi connectivity index (χ4n) is 1.16. The Labute approximate surface area is 100 Å². The molecule has 0 amide bonds. The van der Waals surface area contributed by atoms with Crippen molar-refractivity contribution >= 4 is 28.2 Å². The highest BCUT2D eigenvalue weighted by atomic mass is 32.2. The molecular weight excluding hydrogens is 242 g/mol. The number of nitrogens with two attached hydrogens (primary N) is 1. The van der Waals surface area contributed by atoms with Gasteiger partial charge in [0.1, 0.15) is 16.6 Å². The van der Waals surface area contributed by atoms with Crippen LogP contribution in [0.3, 0.4) is 0 Å². The number of nitrogens with zero attached hydrogens (tertiary/aromatic N) is 4. The number of nitriles is 1. The van der Waals surface area contributed by atoms with Crippen molar-refractivity contribution in [3.63, 3.8) is 0 Å². The summed E-state index contributed by atoms with van der Waals surface area (Å²) in [5.41, 5.74) is 6.73. The molecule has 7 heteroatoms. The first-order valence-corrected chi connectivity index (χ1v) is 6.32. The molecule has 0 radical (unpaired) electrons. The molecule has 0 bridgehead atoms. The predicted molar refractivity (Wildman–Crippen MR) is 64.0 cm³/mol. The molecule has 16 heavy (non-hydrogen) atoms. The summed E-state index contributed by atoms with van der Waals surface area (Å²) in [6, 6.07) is 3.78. The van der Waals surface area contributed by atoms with Gasteiger partial charge in [-0.1, -0.05) is 23.1 Å². The van der Waals surface area contributed by atoms with Crippen molar-refractivity contribution in [2.75, 3.05) is 12.0 Å². The van der Waals surface area contributed by atoms with E-state index in [9.17, 15) is 0 Å². The molecule has 0 saturated carbocycles. The van der Waals surface area contributed by atoms with E-state index in [0.717, 1.165) is 11.3 Å². The van der Waals surface area contributed by atoms with Crippen LogP contribution in [-0.4, -0.2) is 21.2 Å². The Morgan fingerprint density at radius 3 is 3.00 bits per heavy atom. The number of hydrogen-bond acceptors (Lipinski definition) is 7. The van der Waals surface area contributed by atoms with Crippen LogP contribution >= 0.6 is 23.1 Å². The SMILES string of the molecule is CSc1nccc(-c2nc(N)sc2C#N)n1. The van der Waals surface area contributed by atoms with Gasteiger partial charge in [-0.25, -0.2) is 15.0 Å². The third kappa shape index (κ3) is 1.98. The van der Waals surface area contributed by atoms with Crippen molar-refractivity contribution in [2.24, 2.45) is 0 Å². The number of rotatable bonds is 2. The Balaban J connectivity index is 2.54. The molecule has 0 fully saturated rings. The maximum Gasteiger partial charge on any atom is 0.187 e. The van der Waals surface area contributed by atoms with Gasteiger partial charge in [-0.15, -0.1) is 0 Å². The zero-order chi connectivity index (χ0) is 11.5. The van der Waals surface area contributed by atoms with E-state index in [4.69, 9.17) is 11.0 Å². The maximum atomic E-state index is 8.94. The van der Waals surface area contributed by atoms with E-state index in [2.05, 4.69) is 21.0 Å². The Kier molecular flexibility index (Phi) is 3.03. The van der Waals surface area contributed by atoms with E-state index < -0.39 is 0 Å². The Hall–Kier alpha value is -1.65. The lowest BCUT2D eigenvalue weighted by atomic mass is 10.3. The van der Waals surface area contributed by atoms with Crippen LogP contribution in [0.25, 0.3) is 11.4 Å². The van der Waals surface area contributed by atoms with Gasteiger partial charge in [0.15, 0.2) is 10.3 Å². The Morgan fingerprint density at radius 2 is 2.31 bits per heavy atom. The normalized spacial score (nSPS) is 10.0. The number of hydrogen-bond donors (Lipinski definition) is 1. The number of thiazole rings is 1. The average molecular weight is 249 g/mol.